The maximum atomic E-state index is 11.5. The van der Waals surface area contributed by atoms with Crippen LogP contribution in [-0.2, 0) is 9.78 Å². The highest BCUT2D eigenvalue weighted by Crippen LogP contribution is 2.17. The first kappa shape index (κ1) is 20.7. The third-order valence-electron chi connectivity index (χ3n) is 4.31. The number of hydrogen-bond acceptors (Lipinski definition) is 5. The zero-order chi connectivity index (χ0) is 20.5. The van der Waals surface area contributed by atoms with Gasteiger partial charge in [0.05, 0.1) is 11.1 Å². The van der Waals surface area contributed by atoms with Crippen molar-refractivity contribution in [1.82, 2.24) is 0 Å². The van der Waals surface area contributed by atoms with Crippen molar-refractivity contribution in [1.29, 1.82) is 0 Å². The molecule has 0 heterocycles. The molecule has 0 saturated carbocycles. The molecule has 0 amide bonds. The lowest BCUT2D eigenvalue weighted by Crippen LogP contribution is -2.11. The third-order valence-corrected chi connectivity index (χ3v) is 4.31. The molecule has 3 aromatic carbocycles. The van der Waals surface area contributed by atoms with Crippen molar-refractivity contribution < 1.29 is 19.4 Å². The molecule has 2 N–H and O–H groups in total. The Labute approximate surface area is 164 Å². The Kier molecular flexibility index (Phi) is 7.34. The van der Waals surface area contributed by atoms with E-state index < -0.39 is 11.9 Å². The second-order valence-electron chi connectivity index (χ2n) is 6.20. The third kappa shape index (κ3) is 5.71. The molecule has 144 valence electrons. The van der Waals surface area contributed by atoms with Crippen LogP contribution < -0.4 is 5.73 Å². The Hall–Kier alpha value is -3.60. The van der Waals surface area contributed by atoms with Crippen LogP contribution >= 0.6 is 0 Å². The average Bonchev–Trinajstić information content (AvgIpc) is 2.74. The first-order valence-electron chi connectivity index (χ1n) is 8.75. The van der Waals surface area contributed by atoms with Gasteiger partial charge < -0.3 is 5.73 Å². The van der Waals surface area contributed by atoms with Crippen molar-refractivity contribution in [2.24, 2.45) is 0 Å². The zero-order valence-corrected chi connectivity index (χ0v) is 16.1. The lowest BCUT2D eigenvalue weighted by molar-refractivity contribution is -0.187. The summed E-state index contributed by atoms with van der Waals surface area (Å²) >= 11 is 0. The Morgan fingerprint density at radius 2 is 1.07 bits per heavy atom. The lowest BCUT2D eigenvalue weighted by atomic mass is 10.0. The fourth-order valence-corrected chi connectivity index (χ4v) is 2.30. The van der Waals surface area contributed by atoms with E-state index >= 15 is 0 Å². The summed E-state index contributed by atoms with van der Waals surface area (Å²) in [5.74, 6) is -1.42. The van der Waals surface area contributed by atoms with Crippen LogP contribution in [0, 0.1) is 20.8 Å². The van der Waals surface area contributed by atoms with E-state index in [0.717, 1.165) is 5.69 Å². The summed E-state index contributed by atoms with van der Waals surface area (Å²) in [6, 6.07) is 20.6. The fourth-order valence-electron chi connectivity index (χ4n) is 2.30. The topological polar surface area (TPSA) is 78.6 Å². The van der Waals surface area contributed by atoms with Crippen molar-refractivity contribution in [3.05, 3.63) is 101 Å². The average molecular weight is 377 g/mol. The van der Waals surface area contributed by atoms with E-state index in [2.05, 4.69) is 36.6 Å². The molecule has 0 atom stereocenters. The lowest BCUT2D eigenvalue weighted by Gasteiger charge is -2.05. The molecule has 0 saturated heterocycles. The first-order chi connectivity index (χ1) is 13.4. The summed E-state index contributed by atoms with van der Waals surface area (Å²) in [6.45, 7) is 6.25. The second-order valence-corrected chi connectivity index (χ2v) is 6.20. The zero-order valence-electron chi connectivity index (χ0n) is 16.1. The summed E-state index contributed by atoms with van der Waals surface area (Å²) in [7, 11) is 0. The van der Waals surface area contributed by atoms with Gasteiger partial charge in [0.25, 0.3) is 0 Å². The van der Waals surface area contributed by atoms with Gasteiger partial charge in [-0.25, -0.2) is 19.4 Å². The van der Waals surface area contributed by atoms with E-state index in [1.54, 1.807) is 60.7 Å². The molecule has 5 heteroatoms. The molecule has 0 bridgehead atoms. The number of carbonyl (C=O) groups is 2. The van der Waals surface area contributed by atoms with Gasteiger partial charge in [-0.3, -0.25) is 0 Å². The number of hydrogen-bond donors (Lipinski definition) is 1. The Bertz CT molecular complexity index is 859. The molecule has 0 unspecified atom stereocenters. The van der Waals surface area contributed by atoms with Gasteiger partial charge in [-0.2, -0.15) is 0 Å². The van der Waals surface area contributed by atoms with E-state index in [4.69, 9.17) is 5.73 Å². The smallest absolute Gasteiger partial charge is 0.386 e. The van der Waals surface area contributed by atoms with Gasteiger partial charge in [0.2, 0.25) is 0 Å². The molecular formula is C23H23NO4. The summed E-state index contributed by atoms with van der Waals surface area (Å²) in [5, 5.41) is 0. The highest BCUT2D eigenvalue weighted by molar-refractivity contribution is 5.92. The predicted molar refractivity (Wildman–Crippen MR) is 109 cm³/mol. The van der Waals surface area contributed by atoms with Gasteiger partial charge in [0.15, 0.2) is 0 Å². The minimum atomic E-state index is -0.708. The van der Waals surface area contributed by atoms with Crippen molar-refractivity contribution in [3.63, 3.8) is 0 Å². The minimum Gasteiger partial charge on any atom is -0.399 e. The largest absolute Gasteiger partial charge is 0.399 e. The van der Waals surface area contributed by atoms with Gasteiger partial charge in [-0.05, 0) is 67.8 Å². The van der Waals surface area contributed by atoms with Crippen LogP contribution in [0.2, 0.25) is 0 Å². The Balaban J connectivity index is 0.000000237. The van der Waals surface area contributed by atoms with Gasteiger partial charge in [0.1, 0.15) is 0 Å². The maximum Gasteiger partial charge on any atom is 0.386 e. The minimum absolute atomic E-state index is 0.318. The quantitative estimate of drug-likeness (QED) is 0.394. The SMILES string of the molecule is Cc1ccc(N)c(C)c1C.O=C(OOC(=O)c1ccccc1)c1ccccc1. The van der Waals surface area contributed by atoms with Gasteiger partial charge in [-0.15, -0.1) is 0 Å². The van der Waals surface area contributed by atoms with Crippen molar-refractivity contribution in [2.75, 3.05) is 5.73 Å². The molecule has 0 spiro atoms. The number of benzene rings is 3. The fraction of sp³-hybridized carbons (Fsp3) is 0.130. The molecule has 0 fully saturated rings. The van der Waals surface area contributed by atoms with E-state index in [9.17, 15) is 9.59 Å². The summed E-state index contributed by atoms with van der Waals surface area (Å²) in [4.78, 5) is 31.9. The Morgan fingerprint density at radius 1 is 0.643 bits per heavy atom. The van der Waals surface area contributed by atoms with Crippen LogP contribution in [0.25, 0.3) is 0 Å². The number of anilines is 1. The van der Waals surface area contributed by atoms with E-state index in [0.29, 0.717) is 11.1 Å². The molecule has 3 rings (SSSR count). The normalized spacial score (nSPS) is 9.68. The van der Waals surface area contributed by atoms with E-state index in [-0.39, 0.29) is 0 Å². The van der Waals surface area contributed by atoms with Crippen molar-refractivity contribution in [3.8, 4) is 0 Å². The number of rotatable bonds is 2. The molecular weight excluding hydrogens is 354 g/mol. The molecule has 0 aliphatic rings. The molecule has 28 heavy (non-hydrogen) atoms. The molecule has 0 radical (unpaired) electrons. The molecule has 0 aliphatic heterocycles. The monoisotopic (exact) mass is 377 g/mol. The van der Waals surface area contributed by atoms with Crippen LogP contribution in [0.5, 0.6) is 0 Å². The molecule has 0 aliphatic carbocycles. The standard InChI is InChI=1S/C14H10O4.C9H13N/c15-13(11-7-3-1-4-8-11)17-18-14(16)12-9-5-2-6-10-12;1-6-4-5-9(10)8(3)7(6)2/h1-10H;4-5H,10H2,1-3H3. The molecule has 0 aromatic heterocycles. The van der Waals surface area contributed by atoms with Crippen LogP contribution in [-0.4, -0.2) is 11.9 Å². The van der Waals surface area contributed by atoms with Crippen molar-refractivity contribution >= 4 is 17.6 Å². The predicted octanol–water partition coefficient (Wildman–Crippen LogP) is 4.81. The molecule has 3 aromatic rings. The second kappa shape index (κ2) is 9.92. The number of nitrogen functional groups attached to an aromatic ring is 1. The number of nitrogens with two attached hydrogens (primary N) is 1. The highest BCUT2D eigenvalue weighted by atomic mass is 17.2. The van der Waals surface area contributed by atoms with Gasteiger partial charge >= 0.3 is 11.9 Å². The Morgan fingerprint density at radius 3 is 1.46 bits per heavy atom. The van der Waals surface area contributed by atoms with E-state index in [1.807, 2.05) is 6.07 Å². The maximum absolute atomic E-state index is 11.5. The summed E-state index contributed by atoms with van der Waals surface area (Å²) < 4.78 is 0. The van der Waals surface area contributed by atoms with Crippen molar-refractivity contribution in [2.45, 2.75) is 20.8 Å². The van der Waals surface area contributed by atoms with Crippen LogP contribution in [0.1, 0.15) is 37.4 Å². The number of aryl methyl sites for hydroxylation is 1. The van der Waals surface area contributed by atoms with Gasteiger partial charge in [0, 0.05) is 5.69 Å². The first-order valence-corrected chi connectivity index (χ1v) is 8.75. The van der Waals surface area contributed by atoms with Crippen LogP contribution in [0.4, 0.5) is 5.69 Å². The van der Waals surface area contributed by atoms with E-state index in [1.165, 1.54) is 16.7 Å². The number of carbonyl (C=O) groups excluding carboxylic acids is 2. The summed E-state index contributed by atoms with van der Waals surface area (Å²) in [5.41, 5.74) is 11.0. The molecule has 5 nitrogen and oxygen atoms in total. The van der Waals surface area contributed by atoms with Gasteiger partial charge in [-0.1, -0.05) is 42.5 Å². The van der Waals surface area contributed by atoms with Crippen LogP contribution in [0.3, 0.4) is 0 Å². The van der Waals surface area contributed by atoms with Crippen LogP contribution in [0.15, 0.2) is 72.8 Å². The summed E-state index contributed by atoms with van der Waals surface area (Å²) in [6.07, 6.45) is 0. The highest BCUT2D eigenvalue weighted by Gasteiger charge is 2.13.